The summed E-state index contributed by atoms with van der Waals surface area (Å²) in [5.41, 5.74) is 8.95. The van der Waals surface area contributed by atoms with Gasteiger partial charge in [0.25, 0.3) is 0 Å². The number of methoxy groups -OCH3 is 1. The molecule has 5 nitrogen and oxygen atoms in total. The van der Waals surface area contributed by atoms with Crippen molar-refractivity contribution in [3.63, 3.8) is 0 Å². The molecule has 0 aromatic carbocycles. The minimum atomic E-state index is -0.0632. The Hall–Kier alpha value is -1.20. The van der Waals surface area contributed by atoms with Crippen LogP contribution in [-0.2, 0) is 24.1 Å². The molecule has 0 saturated heterocycles. The second-order valence-corrected chi connectivity index (χ2v) is 4.20. The second-order valence-electron chi connectivity index (χ2n) is 4.20. The van der Waals surface area contributed by atoms with E-state index in [1.165, 1.54) is 0 Å². The van der Waals surface area contributed by atoms with E-state index >= 15 is 0 Å². The maximum atomic E-state index is 5.82. The van der Waals surface area contributed by atoms with Crippen LogP contribution in [0, 0.1) is 0 Å². The van der Waals surface area contributed by atoms with Crippen molar-refractivity contribution in [1.82, 2.24) is 10.2 Å². The first-order valence-electron chi connectivity index (χ1n) is 6.40. The van der Waals surface area contributed by atoms with E-state index in [0.29, 0.717) is 19.0 Å². The maximum Gasteiger partial charge on any atom is 0.238 e. The Morgan fingerprint density at radius 1 is 1.17 bits per heavy atom. The summed E-state index contributed by atoms with van der Waals surface area (Å²) < 4.78 is 10.8. The van der Waals surface area contributed by atoms with Gasteiger partial charge in [-0.1, -0.05) is 13.8 Å². The highest BCUT2D eigenvalue weighted by molar-refractivity contribution is 5.37. The number of nitrogens with zero attached hydrogens (tertiary/aromatic N) is 2. The van der Waals surface area contributed by atoms with E-state index in [9.17, 15) is 0 Å². The standard InChI is InChI=1S/C13H23N3O2/c1-5-10-11(7-14)13(16-15-12(10)6-2)18-9(3)8-17-4/h9H,5-8,14H2,1-4H3. The van der Waals surface area contributed by atoms with E-state index in [4.69, 9.17) is 15.2 Å². The molecule has 1 aromatic rings. The Morgan fingerprint density at radius 3 is 2.39 bits per heavy atom. The summed E-state index contributed by atoms with van der Waals surface area (Å²) >= 11 is 0. The molecule has 1 rings (SSSR count). The zero-order chi connectivity index (χ0) is 13.5. The zero-order valence-corrected chi connectivity index (χ0v) is 11.7. The average Bonchev–Trinajstić information content (AvgIpc) is 2.38. The van der Waals surface area contributed by atoms with E-state index in [1.807, 2.05) is 6.92 Å². The molecule has 0 bridgehead atoms. The van der Waals surface area contributed by atoms with Crippen LogP contribution in [0.15, 0.2) is 0 Å². The van der Waals surface area contributed by atoms with Crippen LogP contribution >= 0.6 is 0 Å². The first-order valence-corrected chi connectivity index (χ1v) is 6.40. The fourth-order valence-corrected chi connectivity index (χ4v) is 2.00. The summed E-state index contributed by atoms with van der Waals surface area (Å²) in [4.78, 5) is 0. The van der Waals surface area contributed by atoms with Gasteiger partial charge in [-0.05, 0) is 25.3 Å². The molecular weight excluding hydrogens is 230 g/mol. The van der Waals surface area contributed by atoms with Gasteiger partial charge in [0.2, 0.25) is 5.88 Å². The van der Waals surface area contributed by atoms with Crippen molar-refractivity contribution in [2.24, 2.45) is 5.73 Å². The molecule has 1 atom stereocenters. The van der Waals surface area contributed by atoms with Crippen LogP contribution in [0.2, 0.25) is 0 Å². The largest absolute Gasteiger partial charge is 0.471 e. The predicted molar refractivity (Wildman–Crippen MR) is 70.6 cm³/mol. The molecule has 1 heterocycles. The first-order chi connectivity index (χ1) is 8.67. The topological polar surface area (TPSA) is 70.3 Å². The van der Waals surface area contributed by atoms with Crippen LogP contribution in [0.1, 0.15) is 37.6 Å². The fraction of sp³-hybridized carbons (Fsp3) is 0.692. The minimum Gasteiger partial charge on any atom is -0.471 e. The maximum absolute atomic E-state index is 5.82. The second kappa shape index (κ2) is 7.28. The van der Waals surface area contributed by atoms with Gasteiger partial charge in [0.15, 0.2) is 0 Å². The number of aryl methyl sites for hydroxylation is 1. The summed E-state index contributed by atoms with van der Waals surface area (Å²) in [6, 6.07) is 0. The molecule has 0 spiro atoms. The molecule has 5 heteroatoms. The van der Waals surface area contributed by atoms with Crippen molar-refractivity contribution in [1.29, 1.82) is 0 Å². The Bertz CT molecular complexity index is 383. The minimum absolute atomic E-state index is 0.0632. The monoisotopic (exact) mass is 253 g/mol. The number of aromatic nitrogens is 2. The Labute approximate surface area is 109 Å². The molecule has 0 aliphatic heterocycles. The number of hydrogen-bond donors (Lipinski definition) is 1. The van der Waals surface area contributed by atoms with Crippen molar-refractivity contribution in [3.05, 3.63) is 16.8 Å². The van der Waals surface area contributed by atoms with Crippen LogP contribution in [-0.4, -0.2) is 30.0 Å². The van der Waals surface area contributed by atoms with Crippen molar-refractivity contribution < 1.29 is 9.47 Å². The van der Waals surface area contributed by atoms with Crippen molar-refractivity contribution in [2.75, 3.05) is 13.7 Å². The molecule has 0 amide bonds. The van der Waals surface area contributed by atoms with E-state index in [2.05, 4.69) is 24.0 Å². The number of nitrogens with two attached hydrogens (primary N) is 1. The van der Waals surface area contributed by atoms with Gasteiger partial charge in [0.05, 0.1) is 12.3 Å². The smallest absolute Gasteiger partial charge is 0.238 e. The Balaban J connectivity index is 3.04. The normalized spacial score (nSPS) is 12.5. The molecule has 0 radical (unpaired) electrons. The summed E-state index contributed by atoms with van der Waals surface area (Å²) in [7, 11) is 1.65. The van der Waals surface area contributed by atoms with Gasteiger partial charge in [-0.15, -0.1) is 5.10 Å². The zero-order valence-electron chi connectivity index (χ0n) is 11.7. The lowest BCUT2D eigenvalue weighted by Crippen LogP contribution is -2.21. The van der Waals surface area contributed by atoms with Crippen LogP contribution < -0.4 is 10.5 Å². The van der Waals surface area contributed by atoms with Gasteiger partial charge < -0.3 is 15.2 Å². The predicted octanol–water partition coefficient (Wildman–Crippen LogP) is 1.47. The molecule has 1 unspecified atom stereocenters. The lowest BCUT2D eigenvalue weighted by atomic mass is 10.0. The Morgan fingerprint density at radius 2 is 1.89 bits per heavy atom. The summed E-state index contributed by atoms with van der Waals surface area (Å²) in [6.45, 7) is 7.03. The molecule has 0 fully saturated rings. The van der Waals surface area contributed by atoms with E-state index < -0.39 is 0 Å². The number of ether oxygens (including phenoxy) is 2. The fourth-order valence-electron chi connectivity index (χ4n) is 2.00. The first kappa shape index (κ1) is 14.9. The quantitative estimate of drug-likeness (QED) is 0.797. The third-order valence-corrected chi connectivity index (χ3v) is 2.84. The highest BCUT2D eigenvalue weighted by Crippen LogP contribution is 2.23. The molecule has 0 aliphatic rings. The number of hydrogen-bond acceptors (Lipinski definition) is 5. The average molecular weight is 253 g/mol. The van der Waals surface area contributed by atoms with Gasteiger partial charge >= 0.3 is 0 Å². The van der Waals surface area contributed by atoms with Crippen molar-refractivity contribution >= 4 is 0 Å². The van der Waals surface area contributed by atoms with Crippen molar-refractivity contribution in [3.8, 4) is 5.88 Å². The van der Waals surface area contributed by atoms with Gasteiger partial charge in [-0.2, -0.15) is 5.10 Å². The van der Waals surface area contributed by atoms with Crippen LogP contribution in [0.25, 0.3) is 0 Å². The highest BCUT2D eigenvalue weighted by atomic mass is 16.5. The van der Waals surface area contributed by atoms with Gasteiger partial charge in [0, 0.05) is 19.2 Å². The molecule has 0 aliphatic carbocycles. The van der Waals surface area contributed by atoms with E-state index in [0.717, 1.165) is 29.7 Å². The molecule has 18 heavy (non-hydrogen) atoms. The molecular formula is C13H23N3O2. The lowest BCUT2D eigenvalue weighted by molar-refractivity contribution is 0.0873. The van der Waals surface area contributed by atoms with E-state index in [1.54, 1.807) is 7.11 Å². The van der Waals surface area contributed by atoms with Crippen molar-refractivity contribution in [2.45, 2.75) is 46.3 Å². The van der Waals surface area contributed by atoms with Crippen LogP contribution in [0.3, 0.4) is 0 Å². The summed E-state index contributed by atoms with van der Waals surface area (Å²) in [6.07, 6.45) is 1.68. The van der Waals surface area contributed by atoms with Gasteiger partial charge in [-0.3, -0.25) is 0 Å². The SMILES string of the molecule is CCc1nnc(OC(C)COC)c(CN)c1CC. The number of rotatable bonds is 7. The van der Waals surface area contributed by atoms with Crippen LogP contribution in [0.5, 0.6) is 5.88 Å². The molecule has 102 valence electrons. The van der Waals surface area contributed by atoms with Gasteiger partial charge in [-0.25, -0.2) is 0 Å². The molecule has 2 N–H and O–H groups in total. The molecule has 1 aromatic heterocycles. The highest BCUT2D eigenvalue weighted by Gasteiger charge is 2.16. The third kappa shape index (κ3) is 3.40. The van der Waals surface area contributed by atoms with Gasteiger partial charge in [0.1, 0.15) is 6.10 Å². The third-order valence-electron chi connectivity index (χ3n) is 2.84. The lowest BCUT2D eigenvalue weighted by Gasteiger charge is -2.18. The summed E-state index contributed by atoms with van der Waals surface area (Å²) in [5, 5.41) is 8.36. The molecule has 0 saturated carbocycles. The van der Waals surface area contributed by atoms with Crippen LogP contribution in [0.4, 0.5) is 0 Å². The summed E-state index contributed by atoms with van der Waals surface area (Å²) in [5.74, 6) is 0.538. The Kier molecular flexibility index (Phi) is 6.01. The van der Waals surface area contributed by atoms with E-state index in [-0.39, 0.29) is 6.10 Å².